The first kappa shape index (κ1) is 19.0. The van der Waals surface area contributed by atoms with E-state index in [4.69, 9.17) is 4.74 Å². The number of rotatable bonds is 5. The fraction of sp³-hybridized carbons (Fsp3) is 0.611. The van der Waals surface area contributed by atoms with E-state index in [0.29, 0.717) is 5.75 Å². The number of hydrogen-bond donors (Lipinski definition) is 0. The molecule has 3 rings (SSSR count). The smallest absolute Gasteiger partial charge is 0.233 e. The van der Waals surface area contributed by atoms with Gasteiger partial charge in [-0.2, -0.15) is 11.8 Å². The van der Waals surface area contributed by atoms with Gasteiger partial charge < -0.3 is 9.64 Å². The van der Waals surface area contributed by atoms with Crippen molar-refractivity contribution in [3.8, 4) is 0 Å². The molecular formula is C18H25FN2O2S2. The Balaban J connectivity index is 1.57. The third-order valence-electron chi connectivity index (χ3n) is 4.51. The SMILES string of the molecule is O=C(CSc1ccc(F)cc1)N1CCCSCC1CN1CCOCC1. The van der Waals surface area contributed by atoms with Crippen LogP contribution in [0.15, 0.2) is 29.2 Å². The first-order chi connectivity index (χ1) is 12.2. The quantitative estimate of drug-likeness (QED) is 0.729. The van der Waals surface area contributed by atoms with Crippen LogP contribution >= 0.6 is 23.5 Å². The lowest BCUT2D eigenvalue weighted by atomic mass is 10.2. The summed E-state index contributed by atoms with van der Waals surface area (Å²) in [4.78, 5) is 18.2. The minimum absolute atomic E-state index is 0.190. The Kier molecular flexibility index (Phi) is 7.46. The lowest BCUT2D eigenvalue weighted by Crippen LogP contribution is -2.50. The molecule has 0 bridgehead atoms. The van der Waals surface area contributed by atoms with Gasteiger partial charge in [-0.25, -0.2) is 4.39 Å². The first-order valence-electron chi connectivity index (χ1n) is 8.78. The van der Waals surface area contributed by atoms with E-state index < -0.39 is 0 Å². The summed E-state index contributed by atoms with van der Waals surface area (Å²) < 4.78 is 18.4. The molecule has 1 aromatic rings. The molecular weight excluding hydrogens is 359 g/mol. The van der Waals surface area contributed by atoms with Crippen molar-refractivity contribution in [2.75, 3.05) is 56.7 Å². The summed E-state index contributed by atoms with van der Waals surface area (Å²) in [6.07, 6.45) is 1.05. The molecule has 4 nitrogen and oxygen atoms in total. The molecule has 0 saturated carbocycles. The van der Waals surface area contributed by atoms with E-state index in [-0.39, 0.29) is 17.8 Å². The largest absolute Gasteiger partial charge is 0.379 e. The van der Waals surface area contributed by atoms with E-state index in [1.54, 1.807) is 12.1 Å². The summed E-state index contributed by atoms with van der Waals surface area (Å²) in [6.45, 7) is 5.25. The average molecular weight is 385 g/mol. The van der Waals surface area contributed by atoms with E-state index in [1.807, 2.05) is 11.8 Å². The van der Waals surface area contributed by atoms with Crippen LogP contribution in [-0.4, -0.2) is 78.4 Å². The van der Waals surface area contributed by atoms with Gasteiger partial charge in [0.1, 0.15) is 5.82 Å². The van der Waals surface area contributed by atoms with Gasteiger partial charge in [0, 0.05) is 36.8 Å². The van der Waals surface area contributed by atoms with Crippen LogP contribution in [0.1, 0.15) is 6.42 Å². The zero-order chi connectivity index (χ0) is 17.5. The van der Waals surface area contributed by atoms with Crippen molar-refractivity contribution in [2.45, 2.75) is 17.4 Å². The summed E-state index contributed by atoms with van der Waals surface area (Å²) in [6, 6.07) is 6.62. The van der Waals surface area contributed by atoms with Crippen LogP contribution in [0.5, 0.6) is 0 Å². The van der Waals surface area contributed by atoms with Gasteiger partial charge in [0.25, 0.3) is 0 Å². The second-order valence-corrected chi connectivity index (χ2v) is 8.52. The molecule has 138 valence electrons. The van der Waals surface area contributed by atoms with Gasteiger partial charge in [-0.15, -0.1) is 11.8 Å². The number of carbonyl (C=O) groups is 1. The maximum absolute atomic E-state index is 13.0. The number of hydrogen-bond acceptors (Lipinski definition) is 5. The van der Waals surface area contributed by atoms with Crippen LogP contribution < -0.4 is 0 Å². The van der Waals surface area contributed by atoms with Gasteiger partial charge in [-0.05, 0) is 36.4 Å². The zero-order valence-electron chi connectivity index (χ0n) is 14.4. The fourth-order valence-corrected chi connectivity index (χ4v) is 4.99. The molecule has 0 radical (unpaired) electrons. The molecule has 25 heavy (non-hydrogen) atoms. The Morgan fingerprint density at radius 3 is 2.76 bits per heavy atom. The van der Waals surface area contributed by atoms with Crippen LogP contribution in [0, 0.1) is 5.82 Å². The molecule has 7 heteroatoms. The summed E-state index contributed by atoms with van der Waals surface area (Å²) in [5.74, 6) is 2.48. The van der Waals surface area contributed by atoms with Crippen molar-refractivity contribution in [1.82, 2.24) is 9.80 Å². The molecule has 1 amide bonds. The number of benzene rings is 1. The number of nitrogens with zero attached hydrogens (tertiary/aromatic N) is 2. The Bertz CT molecular complexity index is 553. The number of amides is 1. The summed E-state index contributed by atoms with van der Waals surface area (Å²) >= 11 is 3.44. The number of morpholine rings is 1. The van der Waals surface area contributed by atoms with Gasteiger partial charge in [0.05, 0.1) is 25.0 Å². The fourth-order valence-electron chi connectivity index (χ4n) is 3.15. The van der Waals surface area contributed by atoms with Gasteiger partial charge in [-0.1, -0.05) is 0 Å². The molecule has 0 aliphatic carbocycles. The number of ether oxygens (including phenoxy) is 1. The van der Waals surface area contributed by atoms with Crippen molar-refractivity contribution in [3.05, 3.63) is 30.1 Å². The Morgan fingerprint density at radius 1 is 1.24 bits per heavy atom. The van der Waals surface area contributed by atoms with Crippen molar-refractivity contribution >= 4 is 29.4 Å². The van der Waals surface area contributed by atoms with Crippen molar-refractivity contribution in [1.29, 1.82) is 0 Å². The summed E-state index contributed by atoms with van der Waals surface area (Å²) in [5, 5.41) is 0. The van der Waals surface area contributed by atoms with Gasteiger partial charge in [0.2, 0.25) is 5.91 Å². The molecule has 1 atom stereocenters. The van der Waals surface area contributed by atoms with Gasteiger partial charge in [-0.3, -0.25) is 9.69 Å². The highest BCUT2D eigenvalue weighted by molar-refractivity contribution is 8.00. The normalized spacial score (nSPS) is 22.6. The highest BCUT2D eigenvalue weighted by Crippen LogP contribution is 2.22. The molecule has 0 aromatic heterocycles. The lowest BCUT2D eigenvalue weighted by Gasteiger charge is -2.35. The Labute approximate surface area is 157 Å². The molecule has 2 aliphatic rings. The minimum Gasteiger partial charge on any atom is -0.379 e. The lowest BCUT2D eigenvalue weighted by molar-refractivity contribution is -0.130. The minimum atomic E-state index is -0.245. The maximum Gasteiger partial charge on any atom is 0.233 e. The monoisotopic (exact) mass is 384 g/mol. The third kappa shape index (κ3) is 5.88. The summed E-state index contributed by atoms with van der Waals surface area (Å²) in [7, 11) is 0. The maximum atomic E-state index is 13.0. The number of thioether (sulfide) groups is 2. The van der Waals surface area contributed by atoms with E-state index >= 15 is 0 Å². The second-order valence-electron chi connectivity index (χ2n) is 6.33. The molecule has 1 aromatic carbocycles. The van der Waals surface area contributed by atoms with Crippen LogP contribution in [0.2, 0.25) is 0 Å². The topological polar surface area (TPSA) is 32.8 Å². The predicted molar refractivity (Wildman–Crippen MR) is 102 cm³/mol. The number of carbonyl (C=O) groups excluding carboxylic acids is 1. The van der Waals surface area contributed by atoms with Crippen LogP contribution in [-0.2, 0) is 9.53 Å². The second kappa shape index (κ2) is 9.80. The molecule has 2 fully saturated rings. The average Bonchev–Trinajstić information content (AvgIpc) is 2.87. The van der Waals surface area contributed by atoms with E-state index in [2.05, 4.69) is 9.80 Å². The third-order valence-corrected chi connectivity index (χ3v) is 6.70. The van der Waals surface area contributed by atoms with Gasteiger partial charge >= 0.3 is 0 Å². The van der Waals surface area contributed by atoms with Crippen LogP contribution in [0.4, 0.5) is 4.39 Å². The Morgan fingerprint density at radius 2 is 2.00 bits per heavy atom. The molecule has 2 aliphatic heterocycles. The molecule has 0 spiro atoms. The molecule has 1 unspecified atom stereocenters. The summed E-state index contributed by atoms with van der Waals surface area (Å²) in [5.41, 5.74) is 0. The van der Waals surface area contributed by atoms with Crippen molar-refractivity contribution in [2.24, 2.45) is 0 Å². The van der Waals surface area contributed by atoms with Gasteiger partial charge in [0.15, 0.2) is 0 Å². The first-order valence-corrected chi connectivity index (χ1v) is 10.9. The number of halogens is 1. The predicted octanol–water partition coefficient (Wildman–Crippen LogP) is 2.58. The van der Waals surface area contributed by atoms with Crippen LogP contribution in [0.3, 0.4) is 0 Å². The van der Waals surface area contributed by atoms with E-state index in [0.717, 1.165) is 62.2 Å². The van der Waals surface area contributed by atoms with E-state index in [1.165, 1.54) is 23.9 Å². The molecule has 0 N–H and O–H groups in total. The highest BCUT2D eigenvalue weighted by Gasteiger charge is 2.27. The van der Waals surface area contributed by atoms with E-state index in [9.17, 15) is 9.18 Å². The highest BCUT2D eigenvalue weighted by atomic mass is 32.2. The standard InChI is InChI=1S/C18H25FN2O2S2/c19-15-2-4-17(5-3-15)25-14-18(22)21-6-1-11-24-13-16(21)12-20-7-9-23-10-8-20/h2-5,16H,1,6-14H2. The zero-order valence-corrected chi connectivity index (χ0v) is 16.0. The Hall–Kier alpha value is -0.760. The van der Waals surface area contributed by atoms with Crippen molar-refractivity contribution < 1.29 is 13.9 Å². The molecule has 2 saturated heterocycles. The van der Waals surface area contributed by atoms with Crippen LogP contribution in [0.25, 0.3) is 0 Å². The van der Waals surface area contributed by atoms with Crippen molar-refractivity contribution in [3.63, 3.8) is 0 Å². The molecule has 2 heterocycles.